The standard InChI is InChI=1S/C47H32/c1-47(2)44-27-32(29-9-4-3-5-10-29)19-21-39(44)40-22-20-33(28-45(40)47)31-17-15-30-16-18-34(26-35(30)25-31)36-23-24-43-38-12-7-6-11-37(38)42-14-8-13-41(36)46(42)43/h3-28H,1-2H3. The van der Waals surface area contributed by atoms with E-state index in [9.17, 15) is 0 Å². The van der Waals surface area contributed by atoms with E-state index in [1.165, 1.54) is 99.4 Å². The molecule has 0 aromatic heterocycles. The number of hydrogen-bond acceptors (Lipinski definition) is 0. The predicted molar refractivity (Wildman–Crippen MR) is 200 cm³/mol. The van der Waals surface area contributed by atoms with Crippen LogP contribution in [0.25, 0.3) is 88.3 Å². The molecule has 0 heterocycles. The van der Waals surface area contributed by atoms with Gasteiger partial charge in [0.15, 0.2) is 0 Å². The molecule has 0 heteroatoms. The monoisotopic (exact) mass is 596 g/mol. The van der Waals surface area contributed by atoms with Crippen LogP contribution in [0.4, 0.5) is 0 Å². The Morgan fingerprint density at radius 2 is 0.830 bits per heavy atom. The first-order valence-corrected chi connectivity index (χ1v) is 16.6. The molecule has 0 radical (unpaired) electrons. The Hall–Kier alpha value is -5.72. The van der Waals surface area contributed by atoms with Gasteiger partial charge in [0.1, 0.15) is 0 Å². The van der Waals surface area contributed by atoms with Crippen molar-refractivity contribution in [2.45, 2.75) is 19.3 Å². The van der Waals surface area contributed by atoms with Gasteiger partial charge in [0.25, 0.3) is 0 Å². The highest BCUT2D eigenvalue weighted by Crippen LogP contribution is 2.51. The van der Waals surface area contributed by atoms with Crippen LogP contribution in [0.5, 0.6) is 0 Å². The second-order valence-electron chi connectivity index (χ2n) is 13.7. The van der Waals surface area contributed by atoms with E-state index < -0.39 is 0 Å². The van der Waals surface area contributed by atoms with Crippen molar-refractivity contribution in [1.29, 1.82) is 0 Å². The normalized spacial score (nSPS) is 13.5. The molecule has 8 aromatic carbocycles. The summed E-state index contributed by atoms with van der Waals surface area (Å²) in [7, 11) is 0. The van der Waals surface area contributed by atoms with E-state index in [1.54, 1.807) is 0 Å². The minimum Gasteiger partial charge on any atom is -0.0622 e. The molecular weight excluding hydrogens is 565 g/mol. The molecule has 0 amide bonds. The van der Waals surface area contributed by atoms with Crippen molar-refractivity contribution in [3.8, 4) is 66.8 Å². The van der Waals surface area contributed by atoms with Crippen molar-refractivity contribution in [1.82, 2.24) is 0 Å². The molecule has 47 heavy (non-hydrogen) atoms. The van der Waals surface area contributed by atoms with Crippen molar-refractivity contribution in [2.75, 3.05) is 0 Å². The second-order valence-corrected chi connectivity index (χ2v) is 13.7. The van der Waals surface area contributed by atoms with Gasteiger partial charge in [-0.05, 0) is 124 Å². The van der Waals surface area contributed by atoms with Crippen LogP contribution in [-0.2, 0) is 5.41 Å². The Labute approximate surface area is 275 Å². The summed E-state index contributed by atoms with van der Waals surface area (Å²) in [6.07, 6.45) is 0. The fourth-order valence-corrected chi connectivity index (χ4v) is 8.38. The summed E-state index contributed by atoms with van der Waals surface area (Å²) in [5.41, 5.74) is 18.4. The van der Waals surface area contributed by atoms with Crippen LogP contribution in [0.3, 0.4) is 0 Å². The summed E-state index contributed by atoms with van der Waals surface area (Å²) in [5.74, 6) is 0. The average Bonchev–Trinajstić information content (AvgIpc) is 3.57. The molecule has 0 nitrogen and oxygen atoms in total. The molecule has 2 aliphatic carbocycles. The van der Waals surface area contributed by atoms with Crippen LogP contribution < -0.4 is 0 Å². The first kappa shape index (κ1) is 26.5. The maximum Gasteiger partial charge on any atom is 0.0159 e. The SMILES string of the molecule is CC1(C)c2cc(-c3ccccc3)ccc2-c2ccc(-c3ccc4ccc(-c5ccc6c7c(cccc57)-c5ccccc5-6)cc4c3)cc21. The second kappa shape index (κ2) is 9.64. The Kier molecular flexibility index (Phi) is 5.44. The topological polar surface area (TPSA) is 0 Å². The highest BCUT2D eigenvalue weighted by molar-refractivity contribution is 6.18. The minimum atomic E-state index is -0.0785. The highest BCUT2D eigenvalue weighted by Gasteiger charge is 2.36. The average molecular weight is 597 g/mol. The molecule has 0 spiro atoms. The van der Waals surface area contributed by atoms with E-state index in [4.69, 9.17) is 0 Å². The van der Waals surface area contributed by atoms with Gasteiger partial charge in [-0.15, -0.1) is 0 Å². The summed E-state index contributed by atoms with van der Waals surface area (Å²) < 4.78 is 0. The van der Waals surface area contributed by atoms with E-state index in [1.807, 2.05) is 0 Å². The maximum absolute atomic E-state index is 2.43. The van der Waals surface area contributed by atoms with Crippen molar-refractivity contribution >= 4 is 21.5 Å². The Morgan fingerprint density at radius 1 is 0.319 bits per heavy atom. The van der Waals surface area contributed by atoms with Crippen molar-refractivity contribution in [2.24, 2.45) is 0 Å². The zero-order chi connectivity index (χ0) is 31.3. The van der Waals surface area contributed by atoms with Gasteiger partial charge in [-0.25, -0.2) is 0 Å². The molecule has 0 saturated carbocycles. The van der Waals surface area contributed by atoms with Crippen LogP contribution >= 0.6 is 0 Å². The Balaban J connectivity index is 1.05. The first-order valence-electron chi connectivity index (χ1n) is 16.6. The molecule has 0 bridgehead atoms. The third-order valence-corrected chi connectivity index (χ3v) is 10.8. The van der Waals surface area contributed by atoms with E-state index in [2.05, 4.69) is 172 Å². The zero-order valence-corrected chi connectivity index (χ0v) is 26.5. The Morgan fingerprint density at radius 3 is 1.55 bits per heavy atom. The summed E-state index contributed by atoms with van der Waals surface area (Å²) >= 11 is 0. The lowest BCUT2D eigenvalue weighted by molar-refractivity contribution is 0.661. The van der Waals surface area contributed by atoms with Crippen LogP contribution in [0.1, 0.15) is 25.0 Å². The number of fused-ring (bicyclic) bond motifs is 7. The van der Waals surface area contributed by atoms with Crippen LogP contribution in [-0.4, -0.2) is 0 Å². The maximum atomic E-state index is 2.43. The molecule has 0 aliphatic heterocycles. The van der Waals surface area contributed by atoms with Crippen molar-refractivity contribution < 1.29 is 0 Å². The van der Waals surface area contributed by atoms with Gasteiger partial charge >= 0.3 is 0 Å². The van der Waals surface area contributed by atoms with Gasteiger partial charge in [0.2, 0.25) is 0 Å². The minimum absolute atomic E-state index is 0.0785. The van der Waals surface area contributed by atoms with E-state index in [-0.39, 0.29) is 5.41 Å². The number of rotatable bonds is 3. The zero-order valence-electron chi connectivity index (χ0n) is 26.5. The van der Waals surface area contributed by atoms with E-state index >= 15 is 0 Å². The lowest BCUT2D eigenvalue weighted by Gasteiger charge is -2.22. The van der Waals surface area contributed by atoms with E-state index in [0.29, 0.717) is 0 Å². The lowest BCUT2D eigenvalue weighted by atomic mass is 9.81. The van der Waals surface area contributed by atoms with Gasteiger partial charge in [-0.3, -0.25) is 0 Å². The molecule has 10 rings (SSSR count). The first-order chi connectivity index (χ1) is 23.0. The third kappa shape index (κ3) is 3.82. The molecule has 0 saturated heterocycles. The van der Waals surface area contributed by atoms with Crippen molar-refractivity contribution in [3.05, 3.63) is 169 Å². The number of hydrogen-bond donors (Lipinski definition) is 0. The molecule has 220 valence electrons. The lowest BCUT2D eigenvalue weighted by Crippen LogP contribution is -2.15. The molecule has 8 aromatic rings. The Bertz CT molecular complexity index is 2550. The molecular formula is C47H32. The van der Waals surface area contributed by atoms with Gasteiger partial charge < -0.3 is 0 Å². The number of benzene rings is 8. The molecule has 0 N–H and O–H groups in total. The van der Waals surface area contributed by atoms with Gasteiger partial charge in [0, 0.05) is 5.41 Å². The predicted octanol–water partition coefficient (Wildman–Crippen LogP) is 12.9. The molecule has 0 atom stereocenters. The molecule has 0 unspecified atom stereocenters. The van der Waals surface area contributed by atoms with Crippen LogP contribution in [0.2, 0.25) is 0 Å². The summed E-state index contributed by atoms with van der Waals surface area (Å²) in [6, 6.07) is 58.9. The van der Waals surface area contributed by atoms with Crippen molar-refractivity contribution in [3.63, 3.8) is 0 Å². The fraction of sp³-hybridized carbons (Fsp3) is 0.0638. The fourth-order valence-electron chi connectivity index (χ4n) is 8.38. The van der Waals surface area contributed by atoms with Crippen LogP contribution in [0, 0.1) is 0 Å². The largest absolute Gasteiger partial charge is 0.0622 e. The third-order valence-electron chi connectivity index (χ3n) is 10.8. The molecule has 2 aliphatic rings. The quantitative estimate of drug-likeness (QED) is 0.190. The van der Waals surface area contributed by atoms with Crippen LogP contribution in [0.15, 0.2) is 158 Å². The highest BCUT2D eigenvalue weighted by atomic mass is 14.4. The van der Waals surface area contributed by atoms with Gasteiger partial charge in [0.05, 0.1) is 0 Å². The van der Waals surface area contributed by atoms with Gasteiger partial charge in [-0.2, -0.15) is 0 Å². The van der Waals surface area contributed by atoms with Gasteiger partial charge in [-0.1, -0.05) is 147 Å². The summed E-state index contributed by atoms with van der Waals surface area (Å²) in [5, 5.41) is 5.22. The summed E-state index contributed by atoms with van der Waals surface area (Å²) in [6.45, 7) is 4.75. The molecule has 0 fully saturated rings. The smallest absolute Gasteiger partial charge is 0.0159 e. The van der Waals surface area contributed by atoms with E-state index in [0.717, 1.165) is 0 Å². The summed E-state index contributed by atoms with van der Waals surface area (Å²) in [4.78, 5) is 0.